The molecule has 1 aromatic carbocycles. The Kier molecular flexibility index (Phi) is 5.03. The van der Waals surface area contributed by atoms with Crippen molar-refractivity contribution in [2.24, 2.45) is 5.92 Å². The van der Waals surface area contributed by atoms with E-state index in [1.165, 1.54) is 12.8 Å². The molecule has 1 fully saturated rings. The normalized spacial score (nSPS) is 14.7. The predicted molar refractivity (Wildman–Crippen MR) is 88.5 cm³/mol. The van der Waals surface area contributed by atoms with Gasteiger partial charge in [0.15, 0.2) is 5.76 Å². The molecule has 2 N–H and O–H groups in total. The van der Waals surface area contributed by atoms with Crippen LogP contribution in [0.1, 0.15) is 36.9 Å². The number of nitrogens with zero attached hydrogens (tertiary/aromatic N) is 1. The standard InChI is InChI=1S/C18H22N2O4/c1-12-16(10-19-18(22)23-11-13-4-2-3-5-13)17(24-20-12)14-6-8-15(21)9-7-14/h6-9,13,21H,2-5,10-11H2,1H3,(H,19,22). The van der Waals surface area contributed by atoms with Crippen molar-refractivity contribution in [1.29, 1.82) is 0 Å². The Morgan fingerprint density at radius 1 is 1.33 bits per heavy atom. The lowest BCUT2D eigenvalue weighted by molar-refractivity contribution is 0.127. The van der Waals surface area contributed by atoms with Crippen molar-refractivity contribution < 1.29 is 19.2 Å². The first-order valence-corrected chi connectivity index (χ1v) is 8.28. The lowest BCUT2D eigenvalue weighted by atomic mass is 10.1. The SMILES string of the molecule is Cc1noc(-c2ccc(O)cc2)c1CNC(=O)OCC1CCCC1. The highest BCUT2D eigenvalue weighted by Gasteiger charge is 2.18. The number of carbonyl (C=O) groups is 1. The van der Waals surface area contributed by atoms with E-state index in [4.69, 9.17) is 9.26 Å². The fraction of sp³-hybridized carbons (Fsp3) is 0.444. The zero-order valence-electron chi connectivity index (χ0n) is 13.7. The van der Waals surface area contributed by atoms with E-state index in [0.717, 1.165) is 24.0 Å². The van der Waals surface area contributed by atoms with E-state index in [-0.39, 0.29) is 12.3 Å². The topological polar surface area (TPSA) is 84.6 Å². The van der Waals surface area contributed by atoms with E-state index in [1.54, 1.807) is 24.3 Å². The maximum atomic E-state index is 11.9. The van der Waals surface area contributed by atoms with E-state index in [0.29, 0.717) is 24.0 Å². The van der Waals surface area contributed by atoms with Crippen LogP contribution >= 0.6 is 0 Å². The summed E-state index contributed by atoms with van der Waals surface area (Å²) in [7, 11) is 0. The highest BCUT2D eigenvalue weighted by atomic mass is 16.5. The van der Waals surface area contributed by atoms with Gasteiger partial charge in [-0.1, -0.05) is 18.0 Å². The Hall–Kier alpha value is -2.50. The number of carbonyl (C=O) groups excluding carboxylic acids is 1. The predicted octanol–water partition coefficient (Wildman–Crippen LogP) is 3.77. The molecule has 0 saturated heterocycles. The minimum atomic E-state index is -0.417. The molecular formula is C18H22N2O4. The largest absolute Gasteiger partial charge is 0.508 e. The van der Waals surface area contributed by atoms with Crippen molar-refractivity contribution in [3.05, 3.63) is 35.5 Å². The smallest absolute Gasteiger partial charge is 0.407 e. The van der Waals surface area contributed by atoms with Crippen LogP contribution in [0.4, 0.5) is 4.79 Å². The molecule has 3 rings (SSSR count). The number of ether oxygens (including phenoxy) is 1. The second-order valence-corrected chi connectivity index (χ2v) is 6.23. The summed E-state index contributed by atoms with van der Waals surface area (Å²) >= 11 is 0. The molecule has 1 aromatic heterocycles. The van der Waals surface area contributed by atoms with Gasteiger partial charge in [-0.3, -0.25) is 0 Å². The molecule has 1 saturated carbocycles. The molecule has 128 valence electrons. The third-order valence-electron chi connectivity index (χ3n) is 4.45. The van der Waals surface area contributed by atoms with Crippen molar-refractivity contribution in [1.82, 2.24) is 10.5 Å². The second-order valence-electron chi connectivity index (χ2n) is 6.23. The maximum absolute atomic E-state index is 11.9. The zero-order valence-corrected chi connectivity index (χ0v) is 13.7. The molecule has 1 aliphatic rings. The first kappa shape index (κ1) is 16.4. The minimum absolute atomic E-state index is 0.185. The monoisotopic (exact) mass is 330 g/mol. The van der Waals surface area contributed by atoms with E-state index in [9.17, 15) is 9.90 Å². The van der Waals surface area contributed by atoms with Crippen molar-refractivity contribution in [2.45, 2.75) is 39.2 Å². The van der Waals surface area contributed by atoms with Gasteiger partial charge in [0.05, 0.1) is 18.8 Å². The van der Waals surface area contributed by atoms with Gasteiger partial charge in [0, 0.05) is 11.1 Å². The molecule has 0 atom stereocenters. The third-order valence-corrected chi connectivity index (χ3v) is 4.45. The summed E-state index contributed by atoms with van der Waals surface area (Å²) in [5.74, 6) is 1.27. The van der Waals surface area contributed by atoms with Gasteiger partial charge in [-0.2, -0.15) is 0 Å². The van der Waals surface area contributed by atoms with Crippen LogP contribution in [-0.4, -0.2) is 23.0 Å². The molecule has 0 unspecified atom stereocenters. The molecule has 6 heteroatoms. The zero-order chi connectivity index (χ0) is 16.9. The minimum Gasteiger partial charge on any atom is -0.508 e. The van der Waals surface area contributed by atoms with Crippen LogP contribution in [0.3, 0.4) is 0 Å². The number of aromatic nitrogens is 1. The van der Waals surface area contributed by atoms with E-state index in [1.807, 2.05) is 6.92 Å². The highest BCUT2D eigenvalue weighted by molar-refractivity contribution is 5.68. The van der Waals surface area contributed by atoms with Crippen LogP contribution < -0.4 is 5.32 Å². The van der Waals surface area contributed by atoms with Gasteiger partial charge in [0.1, 0.15) is 5.75 Å². The number of hydrogen-bond donors (Lipinski definition) is 2. The quantitative estimate of drug-likeness (QED) is 0.871. The number of hydrogen-bond acceptors (Lipinski definition) is 5. The number of benzene rings is 1. The van der Waals surface area contributed by atoms with Crippen molar-refractivity contribution >= 4 is 6.09 Å². The molecule has 0 radical (unpaired) electrons. The number of phenolic OH excluding ortho intramolecular Hbond substituents is 1. The van der Waals surface area contributed by atoms with Crippen LogP contribution in [0.2, 0.25) is 0 Å². The molecule has 2 aromatic rings. The molecule has 1 heterocycles. The number of alkyl carbamates (subject to hydrolysis) is 1. The van der Waals surface area contributed by atoms with Crippen LogP contribution in [0, 0.1) is 12.8 Å². The summed E-state index contributed by atoms with van der Waals surface area (Å²) in [5.41, 5.74) is 2.32. The summed E-state index contributed by atoms with van der Waals surface area (Å²) < 4.78 is 10.7. The van der Waals surface area contributed by atoms with Gasteiger partial charge in [0.25, 0.3) is 0 Å². The van der Waals surface area contributed by atoms with Crippen LogP contribution in [0.25, 0.3) is 11.3 Å². The number of nitrogens with one attached hydrogen (secondary N) is 1. The van der Waals surface area contributed by atoms with Crippen molar-refractivity contribution in [3.63, 3.8) is 0 Å². The molecule has 0 spiro atoms. The van der Waals surface area contributed by atoms with Crippen molar-refractivity contribution in [3.8, 4) is 17.1 Å². The van der Waals surface area contributed by atoms with E-state index < -0.39 is 6.09 Å². The molecule has 1 aliphatic carbocycles. The molecule has 0 aliphatic heterocycles. The first-order valence-electron chi connectivity index (χ1n) is 8.28. The Morgan fingerprint density at radius 2 is 2.04 bits per heavy atom. The first-order chi connectivity index (χ1) is 11.6. The average molecular weight is 330 g/mol. The Bertz CT molecular complexity index is 688. The van der Waals surface area contributed by atoms with Crippen LogP contribution in [-0.2, 0) is 11.3 Å². The van der Waals surface area contributed by atoms with Gasteiger partial charge >= 0.3 is 6.09 Å². The number of aryl methyl sites for hydroxylation is 1. The van der Waals surface area contributed by atoms with E-state index >= 15 is 0 Å². The number of phenols is 1. The van der Waals surface area contributed by atoms with Gasteiger partial charge in [-0.15, -0.1) is 0 Å². The molecular weight excluding hydrogens is 308 g/mol. The highest BCUT2D eigenvalue weighted by Crippen LogP contribution is 2.28. The lowest BCUT2D eigenvalue weighted by Gasteiger charge is -2.11. The summed E-state index contributed by atoms with van der Waals surface area (Å²) in [4.78, 5) is 11.9. The average Bonchev–Trinajstić information content (AvgIpc) is 3.22. The lowest BCUT2D eigenvalue weighted by Crippen LogP contribution is -2.26. The molecule has 1 amide bonds. The maximum Gasteiger partial charge on any atom is 0.407 e. The van der Waals surface area contributed by atoms with Gasteiger partial charge in [0.2, 0.25) is 0 Å². The molecule has 0 bridgehead atoms. The Labute approximate surface area is 140 Å². The summed E-state index contributed by atoms with van der Waals surface area (Å²) in [5, 5.41) is 16.1. The number of amides is 1. The number of rotatable bonds is 5. The van der Waals surface area contributed by atoms with Gasteiger partial charge < -0.3 is 19.7 Å². The van der Waals surface area contributed by atoms with Gasteiger partial charge in [-0.25, -0.2) is 4.79 Å². The van der Waals surface area contributed by atoms with E-state index in [2.05, 4.69) is 10.5 Å². The fourth-order valence-electron chi connectivity index (χ4n) is 3.02. The van der Waals surface area contributed by atoms with Crippen LogP contribution in [0.5, 0.6) is 5.75 Å². The summed E-state index contributed by atoms with van der Waals surface area (Å²) in [6.07, 6.45) is 4.32. The second kappa shape index (κ2) is 7.38. The third kappa shape index (κ3) is 3.88. The summed E-state index contributed by atoms with van der Waals surface area (Å²) in [6.45, 7) is 2.60. The molecule has 24 heavy (non-hydrogen) atoms. The van der Waals surface area contributed by atoms with Gasteiger partial charge in [-0.05, 0) is 49.9 Å². The van der Waals surface area contributed by atoms with Crippen LogP contribution in [0.15, 0.2) is 28.8 Å². The Balaban J connectivity index is 1.59. The number of aromatic hydroxyl groups is 1. The Morgan fingerprint density at radius 3 is 2.75 bits per heavy atom. The van der Waals surface area contributed by atoms with Crippen molar-refractivity contribution in [2.75, 3.05) is 6.61 Å². The summed E-state index contributed by atoms with van der Waals surface area (Å²) in [6, 6.07) is 6.66. The molecule has 6 nitrogen and oxygen atoms in total. The fourth-order valence-corrected chi connectivity index (χ4v) is 3.02.